The molecule has 100 valence electrons. The largest absolute Gasteiger partial charge is 0.385 e. The van der Waals surface area contributed by atoms with E-state index in [0.29, 0.717) is 0 Å². The number of unbranched alkanes of at least 4 members (excludes halogenated alkanes) is 1. The van der Waals surface area contributed by atoms with Gasteiger partial charge in [-0.25, -0.2) is 0 Å². The number of benzene rings is 1. The summed E-state index contributed by atoms with van der Waals surface area (Å²) < 4.78 is 4.97. The molecule has 1 aromatic carbocycles. The Kier molecular flexibility index (Phi) is 7.06. The van der Waals surface area contributed by atoms with Crippen LogP contribution < -0.4 is 10.6 Å². The number of hydrogen-bond donors (Lipinski definition) is 2. The lowest BCUT2D eigenvalue weighted by Gasteiger charge is -2.13. The standard InChI is InChI=1S/C14H22N2O2/c1-12(15-10-6-7-11-18-2)14(17)16-13-8-4-3-5-9-13/h3-5,8-9,12,15H,6-7,10-11H2,1-2H3,(H,16,17). The van der Waals surface area contributed by atoms with E-state index in [0.717, 1.165) is 31.7 Å². The number of anilines is 1. The number of ether oxygens (including phenoxy) is 1. The van der Waals surface area contributed by atoms with Crippen molar-refractivity contribution in [3.63, 3.8) is 0 Å². The first-order valence-corrected chi connectivity index (χ1v) is 6.32. The maximum Gasteiger partial charge on any atom is 0.241 e. The summed E-state index contributed by atoms with van der Waals surface area (Å²) in [5, 5.41) is 6.06. The van der Waals surface area contributed by atoms with Gasteiger partial charge in [0.15, 0.2) is 0 Å². The Bertz CT molecular complexity index is 341. The molecule has 0 saturated carbocycles. The summed E-state index contributed by atoms with van der Waals surface area (Å²) in [6.45, 7) is 3.47. The van der Waals surface area contributed by atoms with Gasteiger partial charge in [0.05, 0.1) is 6.04 Å². The molecule has 1 atom stereocenters. The van der Waals surface area contributed by atoms with Gasteiger partial charge in [0, 0.05) is 19.4 Å². The molecular weight excluding hydrogens is 228 g/mol. The Labute approximate surface area is 109 Å². The third-order valence-electron chi connectivity index (χ3n) is 2.66. The fourth-order valence-electron chi connectivity index (χ4n) is 1.55. The number of methoxy groups -OCH3 is 1. The number of nitrogens with one attached hydrogen (secondary N) is 2. The van der Waals surface area contributed by atoms with Crippen LogP contribution in [0.4, 0.5) is 5.69 Å². The first kappa shape index (κ1) is 14.7. The summed E-state index contributed by atoms with van der Waals surface area (Å²) >= 11 is 0. The molecule has 0 bridgehead atoms. The van der Waals surface area contributed by atoms with Crippen LogP contribution in [0, 0.1) is 0 Å². The van der Waals surface area contributed by atoms with E-state index in [1.165, 1.54) is 0 Å². The topological polar surface area (TPSA) is 50.4 Å². The minimum atomic E-state index is -0.187. The van der Waals surface area contributed by atoms with E-state index < -0.39 is 0 Å². The maximum absolute atomic E-state index is 11.8. The Morgan fingerprint density at radius 3 is 2.67 bits per heavy atom. The van der Waals surface area contributed by atoms with E-state index in [4.69, 9.17) is 4.74 Å². The third kappa shape index (κ3) is 5.80. The molecule has 4 nitrogen and oxygen atoms in total. The molecule has 0 aliphatic heterocycles. The fourth-order valence-corrected chi connectivity index (χ4v) is 1.55. The summed E-state index contributed by atoms with van der Waals surface area (Å²) in [7, 11) is 1.70. The van der Waals surface area contributed by atoms with Crippen molar-refractivity contribution in [2.75, 3.05) is 25.6 Å². The van der Waals surface area contributed by atoms with Crippen molar-refractivity contribution in [1.82, 2.24) is 5.32 Å². The highest BCUT2D eigenvalue weighted by molar-refractivity contribution is 5.94. The van der Waals surface area contributed by atoms with Crippen molar-refractivity contribution >= 4 is 11.6 Å². The van der Waals surface area contributed by atoms with Crippen LogP contribution in [0.1, 0.15) is 19.8 Å². The Hall–Kier alpha value is -1.39. The van der Waals surface area contributed by atoms with Crippen LogP contribution in [0.15, 0.2) is 30.3 Å². The van der Waals surface area contributed by atoms with Gasteiger partial charge in [0.2, 0.25) is 5.91 Å². The molecule has 0 saturated heterocycles. The van der Waals surface area contributed by atoms with E-state index in [2.05, 4.69) is 10.6 Å². The van der Waals surface area contributed by atoms with Crippen molar-refractivity contribution in [3.8, 4) is 0 Å². The van der Waals surface area contributed by atoms with Crippen molar-refractivity contribution < 1.29 is 9.53 Å². The van der Waals surface area contributed by atoms with Gasteiger partial charge in [-0.1, -0.05) is 18.2 Å². The summed E-state index contributed by atoms with van der Waals surface area (Å²) in [4.78, 5) is 11.8. The average molecular weight is 250 g/mol. The molecule has 1 unspecified atom stereocenters. The van der Waals surface area contributed by atoms with Crippen molar-refractivity contribution in [1.29, 1.82) is 0 Å². The summed E-state index contributed by atoms with van der Waals surface area (Å²) in [5.41, 5.74) is 0.829. The van der Waals surface area contributed by atoms with Crippen LogP contribution in [-0.2, 0) is 9.53 Å². The van der Waals surface area contributed by atoms with E-state index in [-0.39, 0.29) is 11.9 Å². The Morgan fingerprint density at radius 2 is 2.00 bits per heavy atom. The third-order valence-corrected chi connectivity index (χ3v) is 2.66. The second-order valence-corrected chi connectivity index (χ2v) is 4.23. The van der Waals surface area contributed by atoms with Crippen LogP contribution in [0.3, 0.4) is 0 Å². The zero-order valence-corrected chi connectivity index (χ0v) is 11.1. The highest BCUT2D eigenvalue weighted by Gasteiger charge is 2.11. The fraction of sp³-hybridized carbons (Fsp3) is 0.500. The van der Waals surface area contributed by atoms with Crippen LogP contribution >= 0.6 is 0 Å². The van der Waals surface area contributed by atoms with Crippen molar-refractivity contribution in [3.05, 3.63) is 30.3 Å². The SMILES string of the molecule is COCCCCNC(C)C(=O)Nc1ccccc1. The number of rotatable bonds is 8. The van der Waals surface area contributed by atoms with Crippen LogP contribution in [0.2, 0.25) is 0 Å². The number of hydrogen-bond acceptors (Lipinski definition) is 3. The number of para-hydroxylation sites is 1. The molecule has 0 aromatic heterocycles. The summed E-state index contributed by atoms with van der Waals surface area (Å²) in [6.07, 6.45) is 2.02. The van der Waals surface area contributed by atoms with Crippen LogP contribution in [0.25, 0.3) is 0 Å². The van der Waals surface area contributed by atoms with Gasteiger partial charge in [-0.2, -0.15) is 0 Å². The summed E-state index contributed by atoms with van der Waals surface area (Å²) in [5.74, 6) is -0.00654. The lowest BCUT2D eigenvalue weighted by atomic mass is 10.2. The molecule has 1 rings (SSSR count). The van der Waals surface area contributed by atoms with Crippen LogP contribution in [0.5, 0.6) is 0 Å². The highest BCUT2D eigenvalue weighted by atomic mass is 16.5. The number of carbonyl (C=O) groups excluding carboxylic acids is 1. The van der Waals surface area contributed by atoms with Crippen molar-refractivity contribution in [2.24, 2.45) is 0 Å². The quantitative estimate of drug-likeness (QED) is 0.694. The van der Waals surface area contributed by atoms with E-state index >= 15 is 0 Å². The second-order valence-electron chi connectivity index (χ2n) is 4.23. The monoisotopic (exact) mass is 250 g/mol. The molecule has 0 spiro atoms. The second kappa shape index (κ2) is 8.66. The minimum absolute atomic E-state index is 0.00654. The first-order valence-electron chi connectivity index (χ1n) is 6.32. The molecule has 4 heteroatoms. The van der Waals surface area contributed by atoms with E-state index in [1.54, 1.807) is 7.11 Å². The zero-order chi connectivity index (χ0) is 13.2. The van der Waals surface area contributed by atoms with Gasteiger partial charge in [-0.15, -0.1) is 0 Å². The molecular formula is C14H22N2O2. The zero-order valence-electron chi connectivity index (χ0n) is 11.1. The summed E-state index contributed by atoms with van der Waals surface area (Å²) in [6, 6.07) is 9.30. The molecule has 0 aliphatic carbocycles. The molecule has 0 radical (unpaired) electrons. The molecule has 1 aromatic rings. The van der Waals surface area contributed by atoms with Gasteiger partial charge >= 0.3 is 0 Å². The van der Waals surface area contributed by atoms with Gasteiger partial charge in [0.25, 0.3) is 0 Å². The highest BCUT2D eigenvalue weighted by Crippen LogP contribution is 2.05. The van der Waals surface area contributed by atoms with Crippen molar-refractivity contribution in [2.45, 2.75) is 25.8 Å². The first-order chi connectivity index (χ1) is 8.74. The average Bonchev–Trinajstić information content (AvgIpc) is 2.39. The number of carbonyl (C=O) groups is 1. The molecule has 0 aliphatic rings. The Balaban J connectivity index is 2.21. The molecule has 18 heavy (non-hydrogen) atoms. The van der Waals surface area contributed by atoms with Crippen LogP contribution in [-0.4, -0.2) is 32.2 Å². The lowest BCUT2D eigenvalue weighted by molar-refractivity contribution is -0.117. The lowest BCUT2D eigenvalue weighted by Crippen LogP contribution is -2.38. The van der Waals surface area contributed by atoms with Gasteiger partial charge in [0.1, 0.15) is 0 Å². The van der Waals surface area contributed by atoms with E-state index in [1.807, 2.05) is 37.3 Å². The molecule has 0 fully saturated rings. The van der Waals surface area contributed by atoms with Gasteiger partial charge < -0.3 is 15.4 Å². The molecule has 2 N–H and O–H groups in total. The normalized spacial score (nSPS) is 12.1. The van der Waals surface area contributed by atoms with Gasteiger partial charge in [-0.05, 0) is 38.4 Å². The predicted octanol–water partition coefficient (Wildman–Crippen LogP) is 2.03. The maximum atomic E-state index is 11.8. The minimum Gasteiger partial charge on any atom is -0.385 e. The Morgan fingerprint density at radius 1 is 1.28 bits per heavy atom. The number of amides is 1. The molecule has 1 amide bonds. The van der Waals surface area contributed by atoms with Gasteiger partial charge in [-0.3, -0.25) is 4.79 Å². The van der Waals surface area contributed by atoms with E-state index in [9.17, 15) is 4.79 Å². The molecule has 0 heterocycles. The smallest absolute Gasteiger partial charge is 0.241 e. The predicted molar refractivity (Wildman–Crippen MR) is 73.6 cm³/mol.